The molecule has 0 aliphatic carbocycles. The van der Waals surface area contributed by atoms with Crippen molar-refractivity contribution in [2.24, 2.45) is 0 Å². The van der Waals surface area contributed by atoms with E-state index >= 15 is 0 Å². The van der Waals surface area contributed by atoms with Crippen LogP contribution in [0.15, 0.2) is 34.9 Å². The second kappa shape index (κ2) is 7.93. The number of aromatic nitrogens is 4. The monoisotopic (exact) mass is 380 g/mol. The first kappa shape index (κ1) is 18.4. The molecule has 0 saturated carbocycles. The Morgan fingerprint density at radius 1 is 1.36 bits per heavy atom. The summed E-state index contributed by atoms with van der Waals surface area (Å²) in [4.78, 5) is 16.5. The molecular weight excluding hydrogens is 356 g/mol. The molecule has 1 saturated heterocycles. The molecule has 1 fully saturated rings. The van der Waals surface area contributed by atoms with E-state index in [0.29, 0.717) is 18.3 Å². The summed E-state index contributed by atoms with van der Waals surface area (Å²) in [6.45, 7) is 5.84. The van der Waals surface area contributed by atoms with Crippen LogP contribution in [0.3, 0.4) is 0 Å². The number of aryl methyl sites for hydroxylation is 2. The Morgan fingerprint density at radius 3 is 3.00 bits per heavy atom. The lowest BCUT2D eigenvalue weighted by atomic mass is 10.1. The predicted octanol–water partition coefficient (Wildman–Crippen LogP) is 1.97. The zero-order chi connectivity index (χ0) is 19.5. The highest BCUT2D eigenvalue weighted by molar-refractivity contribution is 5.81. The molecule has 1 aliphatic heterocycles. The summed E-state index contributed by atoms with van der Waals surface area (Å²) in [5.74, 6) is 0.882. The molecule has 0 bridgehead atoms. The minimum Gasteiger partial charge on any atom is -0.346 e. The fraction of sp³-hybridized carbons (Fsp3) is 0.400. The number of rotatable bonds is 6. The van der Waals surface area contributed by atoms with E-state index in [9.17, 15) is 4.79 Å². The highest BCUT2D eigenvalue weighted by atomic mass is 16.5. The van der Waals surface area contributed by atoms with Gasteiger partial charge < -0.3 is 15.2 Å². The van der Waals surface area contributed by atoms with Crippen molar-refractivity contribution in [3.8, 4) is 11.4 Å². The Labute approximate surface area is 163 Å². The number of benzene rings is 1. The fourth-order valence-electron chi connectivity index (χ4n) is 3.45. The standard InChI is InChI=1S/C20H24N6O2/c1-13-9-14(2)26(24-13)12-15-5-3-6-16(10-15)19-23-18(28-25-19)11-22-20(27)17-7-4-8-21-17/h3,5-6,9-10,17,21H,4,7-8,11-12H2,1-2H3,(H,22,27). The van der Waals surface area contributed by atoms with E-state index in [-0.39, 0.29) is 18.5 Å². The van der Waals surface area contributed by atoms with Crippen LogP contribution < -0.4 is 10.6 Å². The predicted molar refractivity (Wildman–Crippen MR) is 103 cm³/mol. The van der Waals surface area contributed by atoms with Crippen molar-refractivity contribution >= 4 is 5.91 Å². The molecule has 2 aromatic heterocycles. The molecule has 1 unspecified atom stereocenters. The minimum atomic E-state index is -0.117. The SMILES string of the molecule is Cc1cc(C)n(Cc2cccc(-c3noc(CNC(=O)C4CCCN4)n3)c2)n1. The molecule has 1 aliphatic rings. The molecule has 0 radical (unpaired) electrons. The molecule has 4 rings (SSSR count). The quantitative estimate of drug-likeness (QED) is 0.678. The van der Waals surface area contributed by atoms with Crippen molar-refractivity contribution in [3.05, 3.63) is 53.2 Å². The maximum absolute atomic E-state index is 12.1. The minimum absolute atomic E-state index is 0.0240. The second-order valence-electron chi connectivity index (χ2n) is 7.16. The van der Waals surface area contributed by atoms with E-state index in [1.54, 1.807) is 0 Å². The largest absolute Gasteiger partial charge is 0.346 e. The zero-order valence-electron chi connectivity index (χ0n) is 16.1. The normalized spacial score (nSPS) is 16.4. The lowest BCUT2D eigenvalue weighted by Crippen LogP contribution is -2.40. The van der Waals surface area contributed by atoms with Crippen LogP contribution in [0, 0.1) is 13.8 Å². The highest BCUT2D eigenvalue weighted by Crippen LogP contribution is 2.18. The second-order valence-corrected chi connectivity index (χ2v) is 7.16. The number of nitrogens with zero attached hydrogens (tertiary/aromatic N) is 4. The zero-order valence-corrected chi connectivity index (χ0v) is 16.1. The number of hydrogen-bond donors (Lipinski definition) is 2. The van der Waals surface area contributed by atoms with Gasteiger partial charge in [0.2, 0.25) is 17.6 Å². The van der Waals surface area contributed by atoms with Crippen LogP contribution >= 0.6 is 0 Å². The Balaban J connectivity index is 1.42. The third kappa shape index (κ3) is 4.12. The smallest absolute Gasteiger partial charge is 0.246 e. The van der Waals surface area contributed by atoms with Gasteiger partial charge in [-0.25, -0.2) is 0 Å². The van der Waals surface area contributed by atoms with Crippen molar-refractivity contribution in [2.75, 3.05) is 6.54 Å². The van der Waals surface area contributed by atoms with Gasteiger partial charge in [0.05, 0.1) is 24.8 Å². The third-order valence-corrected chi connectivity index (χ3v) is 4.88. The number of carbonyl (C=O) groups excluding carboxylic acids is 1. The molecule has 1 amide bonds. The van der Waals surface area contributed by atoms with Crippen LogP contribution in [-0.2, 0) is 17.9 Å². The van der Waals surface area contributed by atoms with E-state index < -0.39 is 0 Å². The summed E-state index contributed by atoms with van der Waals surface area (Å²) in [5.41, 5.74) is 4.11. The summed E-state index contributed by atoms with van der Waals surface area (Å²) >= 11 is 0. The van der Waals surface area contributed by atoms with Crippen LogP contribution in [-0.4, -0.2) is 38.4 Å². The van der Waals surface area contributed by atoms with E-state index in [0.717, 1.165) is 41.9 Å². The van der Waals surface area contributed by atoms with Gasteiger partial charge in [-0.2, -0.15) is 10.1 Å². The van der Waals surface area contributed by atoms with Gasteiger partial charge in [-0.3, -0.25) is 9.48 Å². The average molecular weight is 380 g/mol. The third-order valence-electron chi connectivity index (χ3n) is 4.88. The summed E-state index contributed by atoms with van der Waals surface area (Å²) in [6, 6.07) is 9.95. The van der Waals surface area contributed by atoms with Gasteiger partial charge in [-0.1, -0.05) is 23.4 Å². The summed E-state index contributed by atoms with van der Waals surface area (Å²) in [7, 11) is 0. The lowest BCUT2D eigenvalue weighted by Gasteiger charge is -2.08. The van der Waals surface area contributed by atoms with Crippen molar-refractivity contribution in [1.82, 2.24) is 30.6 Å². The maximum atomic E-state index is 12.1. The summed E-state index contributed by atoms with van der Waals surface area (Å²) < 4.78 is 7.27. The molecule has 3 heterocycles. The van der Waals surface area contributed by atoms with Gasteiger partial charge in [-0.15, -0.1) is 0 Å². The number of amides is 1. The average Bonchev–Trinajstić information content (AvgIpc) is 3.42. The molecule has 28 heavy (non-hydrogen) atoms. The topological polar surface area (TPSA) is 97.9 Å². The Morgan fingerprint density at radius 2 is 2.25 bits per heavy atom. The highest BCUT2D eigenvalue weighted by Gasteiger charge is 2.22. The Kier molecular flexibility index (Phi) is 5.21. The number of carbonyl (C=O) groups is 1. The molecule has 3 aromatic rings. The molecule has 146 valence electrons. The maximum Gasteiger partial charge on any atom is 0.246 e. The number of hydrogen-bond acceptors (Lipinski definition) is 6. The van der Waals surface area contributed by atoms with Gasteiger partial charge in [-0.05, 0) is 50.9 Å². The van der Waals surface area contributed by atoms with Gasteiger partial charge in [0.1, 0.15) is 0 Å². The van der Waals surface area contributed by atoms with Crippen LogP contribution in [0.4, 0.5) is 0 Å². The lowest BCUT2D eigenvalue weighted by molar-refractivity contribution is -0.123. The Hall–Kier alpha value is -3.00. The number of nitrogens with one attached hydrogen (secondary N) is 2. The van der Waals surface area contributed by atoms with Crippen molar-refractivity contribution < 1.29 is 9.32 Å². The van der Waals surface area contributed by atoms with Crippen LogP contribution in [0.25, 0.3) is 11.4 Å². The molecule has 8 heteroatoms. The molecule has 1 aromatic carbocycles. The van der Waals surface area contributed by atoms with Crippen molar-refractivity contribution in [3.63, 3.8) is 0 Å². The first-order valence-corrected chi connectivity index (χ1v) is 9.52. The van der Waals surface area contributed by atoms with Crippen molar-refractivity contribution in [1.29, 1.82) is 0 Å². The van der Waals surface area contributed by atoms with Gasteiger partial charge >= 0.3 is 0 Å². The van der Waals surface area contributed by atoms with Crippen molar-refractivity contribution in [2.45, 2.75) is 45.8 Å². The summed E-state index contributed by atoms with van der Waals surface area (Å²) in [5, 5.41) is 14.6. The fourth-order valence-corrected chi connectivity index (χ4v) is 3.45. The van der Waals surface area contributed by atoms with Gasteiger partial charge in [0, 0.05) is 11.3 Å². The first-order valence-electron chi connectivity index (χ1n) is 9.52. The molecule has 1 atom stereocenters. The van der Waals surface area contributed by atoms with E-state index in [4.69, 9.17) is 4.52 Å². The summed E-state index contributed by atoms with van der Waals surface area (Å²) in [6.07, 6.45) is 1.89. The van der Waals surface area contributed by atoms with Crippen LogP contribution in [0.5, 0.6) is 0 Å². The van der Waals surface area contributed by atoms with Gasteiger partial charge in [0.25, 0.3) is 0 Å². The van der Waals surface area contributed by atoms with Gasteiger partial charge in [0.15, 0.2) is 0 Å². The Bertz CT molecular complexity index is 971. The van der Waals surface area contributed by atoms with E-state index in [2.05, 4.69) is 38.0 Å². The van der Waals surface area contributed by atoms with Crippen LogP contribution in [0.2, 0.25) is 0 Å². The van der Waals surface area contributed by atoms with E-state index in [1.165, 1.54) is 0 Å². The molecule has 8 nitrogen and oxygen atoms in total. The molecular formula is C20H24N6O2. The van der Waals surface area contributed by atoms with Crippen LogP contribution in [0.1, 0.15) is 35.7 Å². The molecule has 2 N–H and O–H groups in total. The first-order chi connectivity index (χ1) is 13.6. The molecule has 0 spiro atoms. The van der Waals surface area contributed by atoms with E-state index in [1.807, 2.05) is 36.7 Å².